The highest BCUT2D eigenvalue weighted by molar-refractivity contribution is 5.87. The summed E-state index contributed by atoms with van der Waals surface area (Å²) in [5.41, 5.74) is 10.1. The Bertz CT molecular complexity index is 1510. The lowest BCUT2D eigenvalue weighted by Crippen LogP contribution is -2.37. The van der Waals surface area contributed by atoms with Crippen molar-refractivity contribution in [2.24, 2.45) is 0 Å². The average molecular weight is 615 g/mol. The summed E-state index contributed by atoms with van der Waals surface area (Å²) in [7, 11) is 0. The molecule has 0 radical (unpaired) electrons. The van der Waals surface area contributed by atoms with E-state index in [4.69, 9.17) is 9.59 Å². The third-order valence-corrected chi connectivity index (χ3v) is 8.25. The fourth-order valence-corrected chi connectivity index (χ4v) is 6.14. The number of aryl methyl sites for hydroxylation is 2. The maximum absolute atomic E-state index is 12.0. The molecule has 2 aliphatic rings. The van der Waals surface area contributed by atoms with E-state index in [0.29, 0.717) is 26.2 Å². The molecule has 2 heterocycles. The molecule has 0 unspecified atom stereocenters. The van der Waals surface area contributed by atoms with Gasteiger partial charge in [-0.25, -0.2) is 0 Å². The molecule has 46 heavy (non-hydrogen) atoms. The molecule has 0 N–H and O–H groups in total. The highest BCUT2D eigenvalue weighted by Crippen LogP contribution is 2.35. The summed E-state index contributed by atoms with van der Waals surface area (Å²) >= 11 is 0. The van der Waals surface area contributed by atoms with E-state index < -0.39 is 0 Å². The second-order valence-electron chi connectivity index (χ2n) is 11.2. The van der Waals surface area contributed by atoms with Gasteiger partial charge in [0.05, 0.1) is 0 Å². The van der Waals surface area contributed by atoms with Crippen molar-refractivity contribution < 1.29 is 19.2 Å². The van der Waals surface area contributed by atoms with Crippen LogP contribution in [-0.2, 0) is 32.3 Å². The Morgan fingerprint density at radius 3 is 1.26 bits per heavy atom. The normalized spacial score (nSPS) is 15.9. The SMILES string of the molecule is C=CC(=O)N1Cc2cc(C)ccc2[C@@H](c2ccccc2)C1.C=CC(=O)N1Cc2cc(C)ccc2[C@H](c2ccccc2)C1.C=O.C=O. The summed E-state index contributed by atoms with van der Waals surface area (Å²) in [6, 6.07) is 33.9. The number of hydrogen-bond donors (Lipinski definition) is 0. The molecule has 6 heteroatoms. The zero-order valence-corrected chi connectivity index (χ0v) is 26.7. The van der Waals surface area contributed by atoms with Crippen molar-refractivity contribution in [1.29, 1.82) is 0 Å². The molecule has 2 aliphatic heterocycles. The minimum atomic E-state index is 0.00286. The standard InChI is InChI=1S/2C19H19NO.2CH2O/c2*1-3-19(21)20-12-16-11-14(2)9-10-17(16)18(13-20)15-7-5-4-6-8-15;2*1-2/h2*3-11,18H,1,12-13H2,2H3;2*1H2/t2*18-;;/m10../s1. The number of rotatable bonds is 4. The lowest BCUT2D eigenvalue weighted by molar-refractivity contribution is -0.127. The van der Waals surface area contributed by atoms with Gasteiger partial charge in [-0.2, -0.15) is 0 Å². The van der Waals surface area contributed by atoms with Gasteiger partial charge in [0.15, 0.2) is 0 Å². The van der Waals surface area contributed by atoms with Crippen LogP contribution in [0, 0.1) is 13.8 Å². The minimum absolute atomic E-state index is 0.00286. The van der Waals surface area contributed by atoms with Crippen LogP contribution in [0.2, 0.25) is 0 Å². The molecule has 0 spiro atoms. The Balaban J connectivity index is 0.000000226. The third kappa shape index (κ3) is 8.42. The molecular weight excluding hydrogens is 572 g/mol. The lowest BCUT2D eigenvalue weighted by atomic mass is 9.84. The van der Waals surface area contributed by atoms with Crippen LogP contribution < -0.4 is 0 Å². The van der Waals surface area contributed by atoms with Gasteiger partial charge in [0.1, 0.15) is 13.6 Å². The third-order valence-electron chi connectivity index (χ3n) is 8.25. The Kier molecular flexibility index (Phi) is 13.1. The predicted octanol–water partition coefficient (Wildman–Crippen LogP) is 6.94. The Labute approximate surface area is 272 Å². The van der Waals surface area contributed by atoms with Crippen LogP contribution in [0.3, 0.4) is 0 Å². The minimum Gasteiger partial charge on any atom is -0.334 e. The fraction of sp³-hybridized carbons (Fsp3) is 0.200. The quantitative estimate of drug-likeness (QED) is 0.234. The van der Waals surface area contributed by atoms with Crippen LogP contribution in [0.4, 0.5) is 0 Å². The zero-order chi connectivity index (χ0) is 33.6. The lowest BCUT2D eigenvalue weighted by Gasteiger charge is -2.34. The summed E-state index contributed by atoms with van der Waals surface area (Å²) in [4.78, 5) is 43.9. The van der Waals surface area contributed by atoms with E-state index in [1.165, 1.54) is 56.7 Å². The van der Waals surface area contributed by atoms with Crippen molar-refractivity contribution in [3.05, 3.63) is 167 Å². The van der Waals surface area contributed by atoms with Crippen molar-refractivity contribution in [1.82, 2.24) is 9.80 Å². The Hall–Kier alpha value is -5.36. The molecular formula is C40H42N2O4. The topological polar surface area (TPSA) is 74.8 Å². The number of benzene rings is 4. The van der Waals surface area contributed by atoms with Gasteiger partial charge in [-0.05, 0) is 59.4 Å². The van der Waals surface area contributed by atoms with Crippen LogP contribution in [0.1, 0.15) is 56.3 Å². The van der Waals surface area contributed by atoms with E-state index in [-0.39, 0.29) is 23.7 Å². The first-order valence-corrected chi connectivity index (χ1v) is 15.1. The first-order chi connectivity index (χ1) is 22.4. The number of carbonyl (C=O) groups is 4. The Morgan fingerprint density at radius 1 is 0.587 bits per heavy atom. The van der Waals surface area contributed by atoms with Gasteiger partial charge >= 0.3 is 0 Å². The number of nitrogens with zero attached hydrogens (tertiary/aromatic N) is 2. The first kappa shape index (κ1) is 35.1. The largest absolute Gasteiger partial charge is 0.334 e. The number of hydrogen-bond acceptors (Lipinski definition) is 4. The van der Waals surface area contributed by atoms with E-state index >= 15 is 0 Å². The summed E-state index contributed by atoms with van der Waals surface area (Å²) in [6.45, 7) is 18.2. The van der Waals surface area contributed by atoms with Gasteiger partial charge in [0, 0.05) is 38.0 Å². The summed E-state index contributed by atoms with van der Waals surface area (Å²) in [6.07, 6.45) is 2.81. The molecule has 2 atom stereocenters. The Morgan fingerprint density at radius 2 is 0.935 bits per heavy atom. The van der Waals surface area contributed by atoms with Crippen LogP contribution in [0.5, 0.6) is 0 Å². The van der Waals surface area contributed by atoms with Gasteiger partial charge in [0.25, 0.3) is 0 Å². The molecule has 236 valence electrons. The molecule has 0 fully saturated rings. The van der Waals surface area contributed by atoms with Crippen molar-refractivity contribution in [2.45, 2.75) is 38.8 Å². The molecule has 4 aromatic carbocycles. The van der Waals surface area contributed by atoms with Gasteiger partial charge in [-0.3, -0.25) is 9.59 Å². The van der Waals surface area contributed by atoms with Crippen LogP contribution in [0.15, 0.2) is 122 Å². The monoisotopic (exact) mass is 614 g/mol. The van der Waals surface area contributed by atoms with E-state index in [1.807, 2.05) is 35.5 Å². The van der Waals surface area contributed by atoms with Crippen molar-refractivity contribution in [3.63, 3.8) is 0 Å². The molecule has 4 aromatic rings. The summed E-state index contributed by atoms with van der Waals surface area (Å²) < 4.78 is 0. The number of carbonyl (C=O) groups excluding carboxylic acids is 4. The highest BCUT2D eigenvalue weighted by Gasteiger charge is 2.29. The second kappa shape index (κ2) is 17.2. The van der Waals surface area contributed by atoms with Gasteiger partial charge in [-0.1, -0.05) is 121 Å². The maximum atomic E-state index is 12.0. The molecule has 6 nitrogen and oxygen atoms in total. The first-order valence-electron chi connectivity index (χ1n) is 15.1. The smallest absolute Gasteiger partial charge is 0.246 e. The molecule has 0 saturated carbocycles. The van der Waals surface area contributed by atoms with E-state index in [0.717, 1.165) is 0 Å². The van der Waals surface area contributed by atoms with Gasteiger partial charge in [0.2, 0.25) is 11.8 Å². The molecule has 0 saturated heterocycles. The van der Waals surface area contributed by atoms with Crippen LogP contribution in [-0.4, -0.2) is 48.3 Å². The fourth-order valence-electron chi connectivity index (χ4n) is 6.14. The van der Waals surface area contributed by atoms with Crippen LogP contribution >= 0.6 is 0 Å². The highest BCUT2D eigenvalue weighted by atomic mass is 16.2. The second-order valence-corrected chi connectivity index (χ2v) is 11.2. The molecule has 0 aliphatic carbocycles. The van der Waals surface area contributed by atoms with E-state index in [2.05, 4.69) is 112 Å². The number of fused-ring (bicyclic) bond motifs is 2. The summed E-state index contributed by atoms with van der Waals surface area (Å²) in [5, 5.41) is 0. The average Bonchev–Trinajstić information content (AvgIpc) is 3.12. The van der Waals surface area contributed by atoms with Gasteiger partial charge in [-0.15, -0.1) is 0 Å². The number of amides is 2. The van der Waals surface area contributed by atoms with Crippen molar-refractivity contribution in [3.8, 4) is 0 Å². The van der Waals surface area contributed by atoms with E-state index in [1.54, 1.807) is 0 Å². The summed E-state index contributed by atoms with van der Waals surface area (Å²) in [5.74, 6) is 0.477. The molecule has 6 rings (SSSR count). The van der Waals surface area contributed by atoms with E-state index in [9.17, 15) is 9.59 Å². The molecule has 0 bridgehead atoms. The predicted molar refractivity (Wildman–Crippen MR) is 184 cm³/mol. The molecule has 2 amide bonds. The van der Waals surface area contributed by atoms with Gasteiger partial charge < -0.3 is 19.4 Å². The molecule has 0 aromatic heterocycles. The van der Waals surface area contributed by atoms with Crippen LogP contribution in [0.25, 0.3) is 0 Å². The van der Waals surface area contributed by atoms with Crippen molar-refractivity contribution in [2.75, 3.05) is 13.1 Å². The van der Waals surface area contributed by atoms with Crippen molar-refractivity contribution >= 4 is 25.4 Å². The zero-order valence-electron chi connectivity index (χ0n) is 26.7. The maximum Gasteiger partial charge on any atom is 0.246 e.